The van der Waals surface area contributed by atoms with E-state index < -0.39 is 0 Å². The maximum Gasteiger partial charge on any atom is 0.0727 e. The zero-order valence-corrected chi connectivity index (χ0v) is 52.6. The van der Waals surface area contributed by atoms with E-state index in [1.807, 2.05) is 22.7 Å². The van der Waals surface area contributed by atoms with Gasteiger partial charge in [-0.3, -0.25) is 0 Å². The smallest absolute Gasteiger partial charge is 0.0727 e. The van der Waals surface area contributed by atoms with Crippen LogP contribution in [0.3, 0.4) is 0 Å². The van der Waals surface area contributed by atoms with E-state index in [2.05, 4.69) is 346 Å². The number of fused-ring (bicyclic) bond motifs is 20. The summed E-state index contributed by atoms with van der Waals surface area (Å²) in [6.45, 7) is 0. The number of nitrogens with zero attached hydrogens (tertiary/aromatic N) is 4. The number of benzene rings is 13. The summed E-state index contributed by atoms with van der Waals surface area (Å²) in [5, 5.41) is 7.86. The second kappa shape index (κ2) is 21.0. The van der Waals surface area contributed by atoms with Gasteiger partial charge < -0.3 is 18.3 Å². The molecule has 2 atom stereocenters. The highest BCUT2D eigenvalue weighted by Crippen LogP contribution is 2.55. The first kappa shape index (κ1) is 53.2. The van der Waals surface area contributed by atoms with Crippen LogP contribution in [0.4, 0.5) is 0 Å². The van der Waals surface area contributed by atoms with Gasteiger partial charge in [0.05, 0.1) is 53.9 Å². The zero-order chi connectivity index (χ0) is 61.5. The van der Waals surface area contributed by atoms with Crippen LogP contribution in [0, 0.1) is 0 Å². The monoisotopic (exact) mass is 1230 g/mol. The summed E-state index contributed by atoms with van der Waals surface area (Å²) in [6.07, 6.45) is 0. The van der Waals surface area contributed by atoms with Gasteiger partial charge in [-0.15, -0.1) is 22.7 Å². The highest BCUT2D eigenvalue weighted by Gasteiger charge is 2.38. The minimum atomic E-state index is 0.179. The van der Waals surface area contributed by atoms with Gasteiger partial charge in [-0.1, -0.05) is 249 Å². The van der Waals surface area contributed by atoms with Crippen LogP contribution in [0.2, 0.25) is 0 Å². The molecule has 94 heavy (non-hydrogen) atoms. The normalized spacial score (nSPS) is 14.0. The lowest BCUT2D eigenvalue weighted by Crippen LogP contribution is -1.99. The minimum Gasteiger partial charge on any atom is -0.309 e. The summed E-state index contributed by atoms with van der Waals surface area (Å²) >= 11 is 3.78. The number of hydrogen-bond acceptors (Lipinski definition) is 2. The van der Waals surface area contributed by atoms with E-state index in [0.717, 1.165) is 0 Å². The zero-order valence-electron chi connectivity index (χ0n) is 50.9. The van der Waals surface area contributed by atoms with Gasteiger partial charge in [0.25, 0.3) is 0 Å². The van der Waals surface area contributed by atoms with Crippen molar-refractivity contribution in [3.8, 4) is 56.4 Å². The van der Waals surface area contributed by atoms with Gasteiger partial charge in [0.2, 0.25) is 0 Å². The predicted molar refractivity (Wildman–Crippen MR) is 397 cm³/mol. The molecule has 2 unspecified atom stereocenters. The largest absolute Gasteiger partial charge is 0.309 e. The molecule has 0 N–H and O–H groups in total. The molecule has 13 aromatic carbocycles. The molecule has 440 valence electrons. The molecular weight excluding hydrogens is 1180 g/mol. The molecule has 6 heterocycles. The van der Waals surface area contributed by atoms with Crippen LogP contribution in [-0.2, 0) is 0 Å². The molecule has 6 aromatic heterocycles. The van der Waals surface area contributed by atoms with E-state index in [9.17, 15) is 0 Å². The Morgan fingerprint density at radius 2 is 0.574 bits per heavy atom. The van der Waals surface area contributed by atoms with Crippen molar-refractivity contribution in [2.75, 3.05) is 0 Å². The average Bonchev–Trinajstić information content (AvgIpc) is 1.56. The fraction of sp³-hybridized carbons (Fsp3) is 0.0227. The SMILES string of the molecule is c1cc(-n2c3ccccc3c3sc4ccccc4c32)cc(-n2c3ccccc3c3sc4ccccc4c32)c1.c1ccc(C2c3ccccc3-c3c2c2ccccc2n3-c2cccc(-c3cccc(-n4c5c(c6ccccc64)C(c4ccccc4)c4ccccc4-5)c3)c2)cc1. The topological polar surface area (TPSA) is 19.7 Å². The molecule has 2 aliphatic carbocycles. The first-order valence-electron chi connectivity index (χ1n) is 32.4. The lowest BCUT2D eigenvalue weighted by Gasteiger charge is -2.16. The summed E-state index contributed by atoms with van der Waals surface area (Å²) in [5.41, 5.74) is 28.0. The van der Waals surface area contributed by atoms with Crippen molar-refractivity contribution >= 4 is 107 Å². The van der Waals surface area contributed by atoms with Crippen molar-refractivity contribution < 1.29 is 0 Å². The Bertz CT molecular complexity index is 5870. The van der Waals surface area contributed by atoms with Crippen molar-refractivity contribution in [1.82, 2.24) is 18.3 Å². The van der Waals surface area contributed by atoms with Crippen molar-refractivity contribution in [2.45, 2.75) is 11.8 Å². The summed E-state index contributed by atoms with van der Waals surface area (Å²) in [5.74, 6) is 0.358. The molecule has 19 aromatic rings. The van der Waals surface area contributed by atoms with Crippen molar-refractivity contribution in [2.24, 2.45) is 0 Å². The first-order chi connectivity index (χ1) is 46.7. The van der Waals surface area contributed by atoms with Crippen LogP contribution < -0.4 is 0 Å². The Balaban J connectivity index is 0.000000139. The molecular formula is C88H56N4S2. The molecule has 21 rings (SSSR count). The van der Waals surface area contributed by atoms with E-state index >= 15 is 0 Å². The van der Waals surface area contributed by atoms with Gasteiger partial charge >= 0.3 is 0 Å². The fourth-order valence-electron chi connectivity index (χ4n) is 16.2. The molecule has 0 amide bonds. The van der Waals surface area contributed by atoms with E-state index in [1.165, 1.54) is 174 Å². The van der Waals surface area contributed by atoms with Crippen molar-refractivity contribution in [3.05, 3.63) is 361 Å². The van der Waals surface area contributed by atoms with Crippen molar-refractivity contribution in [3.63, 3.8) is 0 Å². The van der Waals surface area contributed by atoms with Crippen LogP contribution in [0.1, 0.15) is 45.2 Å². The molecule has 4 nitrogen and oxygen atoms in total. The Labute approximate surface area is 550 Å². The van der Waals surface area contributed by atoms with Gasteiger partial charge in [0.1, 0.15) is 0 Å². The fourth-order valence-corrected chi connectivity index (χ4v) is 18.6. The van der Waals surface area contributed by atoms with Gasteiger partial charge in [0.15, 0.2) is 0 Å². The molecule has 0 bridgehead atoms. The maximum atomic E-state index is 2.51. The van der Waals surface area contributed by atoms with Crippen LogP contribution >= 0.6 is 22.7 Å². The third kappa shape index (κ3) is 7.85. The number of para-hydroxylation sites is 4. The summed E-state index contributed by atoms with van der Waals surface area (Å²) in [6, 6.07) is 120. The standard InChI is InChI=1S/C54H36N2.C34H20N2S2/c1-3-17-35(18-4-1)49-41-25-7-9-27-43(41)53-51(49)45-29-11-13-31-47(45)55(53)39-23-15-21-37(33-39)38-22-16-24-40(34-38)56-48-32-14-12-30-46(48)52-50(36-19-5-2-6-20-36)42-26-8-10-28-44(42)54(52)56;1-5-16-27-23(12-1)33-31(25-14-3-7-18-29(25)37-33)35(27)21-10-9-11-22(20-21)36-28-17-6-2-13-24(28)34-32(36)26-15-4-8-19-30(26)38-34/h1-34,49-50H;1-20H. The number of thiophene rings is 2. The Kier molecular flexibility index (Phi) is 11.9. The molecule has 0 spiro atoms. The molecule has 0 radical (unpaired) electrons. The molecule has 2 aliphatic rings. The van der Waals surface area contributed by atoms with Crippen molar-refractivity contribution in [1.29, 1.82) is 0 Å². The number of aromatic nitrogens is 4. The summed E-state index contributed by atoms with van der Waals surface area (Å²) in [4.78, 5) is 0. The third-order valence-corrected chi connectivity index (χ3v) is 22.4. The molecule has 0 saturated carbocycles. The van der Waals surface area contributed by atoms with Gasteiger partial charge in [-0.2, -0.15) is 0 Å². The van der Waals surface area contributed by atoms with Crippen LogP contribution in [0.15, 0.2) is 328 Å². The van der Waals surface area contributed by atoms with E-state index in [1.54, 1.807) is 0 Å². The molecule has 0 aliphatic heterocycles. The van der Waals surface area contributed by atoms with Crippen LogP contribution in [-0.4, -0.2) is 18.3 Å². The molecule has 6 heteroatoms. The van der Waals surface area contributed by atoms with E-state index in [-0.39, 0.29) is 11.8 Å². The quantitative estimate of drug-likeness (QED) is 0.152. The highest BCUT2D eigenvalue weighted by atomic mass is 32.1. The predicted octanol–water partition coefficient (Wildman–Crippen LogP) is 23.9. The van der Waals surface area contributed by atoms with Gasteiger partial charge in [-0.25, -0.2) is 0 Å². The Morgan fingerprint density at radius 1 is 0.245 bits per heavy atom. The average molecular weight is 1230 g/mol. The second-order valence-electron chi connectivity index (χ2n) is 25.0. The third-order valence-electron chi connectivity index (χ3n) is 20.0. The van der Waals surface area contributed by atoms with Crippen LogP contribution in [0.25, 0.3) is 141 Å². The molecule has 0 fully saturated rings. The van der Waals surface area contributed by atoms with E-state index in [4.69, 9.17) is 0 Å². The van der Waals surface area contributed by atoms with E-state index in [0.29, 0.717) is 0 Å². The Morgan fingerprint density at radius 3 is 1.01 bits per heavy atom. The maximum absolute atomic E-state index is 2.51. The molecule has 0 saturated heterocycles. The lowest BCUT2D eigenvalue weighted by atomic mass is 9.88. The second-order valence-corrected chi connectivity index (χ2v) is 27.1. The lowest BCUT2D eigenvalue weighted by molar-refractivity contribution is 1.02. The van der Waals surface area contributed by atoms with Crippen LogP contribution in [0.5, 0.6) is 0 Å². The highest BCUT2D eigenvalue weighted by molar-refractivity contribution is 7.27. The number of hydrogen-bond donors (Lipinski definition) is 0. The van der Waals surface area contributed by atoms with Gasteiger partial charge in [0, 0.05) is 87.4 Å². The minimum absolute atomic E-state index is 0.179. The first-order valence-corrected chi connectivity index (χ1v) is 34.0. The summed E-state index contributed by atoms with van der Waals surface area (Å²) < 4.78 is 15.3. The summed E-state index contributed by atoms with van der Waals surface area (Å²) in [7, 11) is 0. The Hall–Kier alpha value is -11.5. The number of rotatable bonds is 7. The van der Waals surface area contributed by atoms with Gasteiger partial charge in [-0.05, 0) is 123 Å².